The van der Waals surface area contributed by atoms with Gasteiger partial charge in [-0.05, 0) is 6.92 Å². The minimum absolute atomic E-state index is 0.145. The molecule has 0 saturated heterocycles. The summed E-state index contributed by atoms with van der Waals surface area (Å²) in [5.41, 5.74) is -2.52. The number of rotatable bonds is 1. The molecule has 0 unspecified atom stereocenters. The molecule has 0 aliphatic heterocycles. The first kappa shape index (κ1) is 12.3. The molecule has 1 aromatic carbocycles. The molecule has 1 heterocycles. The maximum Gasteiger partial charge on any atom is 0.423 e. The number of hydrogen-bond acceptors (Lipinski definition) is 2. The number of alkyl halides is 3. The van der Waals surface area contributed by atoms with E-state index in [2.05, 4.69) is 9.97 Å². The summed E-state index contributed by atoms with van der Waals surface area (Å²) in [5, 5.41) is 0. The molecule has 3 nitrogen and oxygen atoms in total. The van der Waals surface area contributed by atoms with E-state index in [0.717, 1.165) is 0 Å². The molecule has 94 valence electrons. The van der Waals surface area contributed by atoms with Crippen LogP contribution in [0.2, 0.25) is 0 Å². The summed E-state index contributed by atoms with van der Waals surface area (Å²) in [6.07, 6.45) is -4.74. The highest BCUT2D eigenvalue weighted by Crippen LogP contribution is 2.33. The third-order valence-corrected chi connectivity index (χ3v) is 2.37. The van der Waals surface area contributed by atoms with Crippen LogP contribution in [0.5, 0.6) is 0 Å². The smallest absolute Gasteiger partial charge is 0.310 e. The van der Waals surface area contributed by atoms with Crippen LogP contribution in [-0.4, -0.2) is 9.97 Å². The molecule has 2 rings (SSSR count). The van der Waals surface area contributed by atoms with Gasteiger partial charge in [0.05, 0.1) is 5.69 Å². The zero-order valence-electron chi connectivity index (χ0n) is 9.38. The molecule has 2 aromatic rings. The quantitative estimate of drug-likeness (QED) is 0.850. The fraction of sp³-hybridized carbons (Fsp3) is 0.167. The van der Waals surface area contributed by atoms with Crippen molar-refractivity contribution in [2.75, 3.05) is 0 Å². The highest BCUT2D eigenvalue weighted by atomic mass is 19.4. The second-order valence-corrected chi connectivity index (χ2v) is 3.74. The number of halogens is 3. The summed E-state index contributed by atoms with van der Waals surface area (Å²) in [5.74, 6) is 0.145. The second kappa shape index (κ2) is 4.29. The van der Waals surface area contributed by atoms with Gasteiger partial charge < -0.3 is 4.98 Å². The van der Waals surface area contributed by atoms with Crippen LogP contribution in [0, 0.1) is 6.92 Å². The number of nitrogens with one attached hydrogen (secondary N) is 1. The van der Waals surface area contributed by atoms with E-state index >= 15 is 0 Å². The van der Waals surface area contributed by atoms with Crippen LogP contribution in [0.25, 0.3) is 11.3 Å². The number of nitrogens with zero attached hydrogens (tertiary/aromatic N) is 1. The minimum Gasteiger partial charge on any atom is -0.310 e. The average Bonchev–Trinajstić information content (AvgIpc) is 2.27. The van der Waals surface area contributed by atoms with Crippen molar-refractivity contribution in [2.24, 2.45) is 0 Å². The van der Waals surface area contributed by atoms with Gasteiger partial charge in [-0.2, -0.15) is 13.2 Å². The van der Waals surface area contributed by atoms with E-state index in [9.17, 15) is 18.0 Å². The Morgan fingerprint density at radius 2 is 1.78 bits per heavy atom. The first-order valence-electron chi connectivity index (χ1n) is 5.13. The molecule has 0 aliphatic rings. The molecule has 0 fully saturated rings. The van der Waals surface area contributed by atoms with Crippen molar-refractivity contribution < 1.29 is 13.2 Å². The molecule has 6 heteroatoms. The van der Waals surface area contributed by atoms with E-state index in [4.69, 9.17) is 0 Å². The van der Waals surface area contributed by atoms with E-state index in [1.807, 2.05) is 0 Å². The number of aromatic amines is 1. The van der Waals surface area contributed by atoms with E-state index in [-0.39, 0.29) is 17.1 Å². The van der Waals surface area contributed by atoms with Crippen LogP contribution in [0.1, 0.15) is 11.4 Å². The van der Waals surface area contributed by atoms with Crippen molar-refractivity contribution in [1.29, 1.82) is 0 Å². The normalized spacial score (nSPS) is 11.6. The highest BCUT2D eigenvalue weighted by Gasteiger charge is 2.38. The number of aryl methyl sites for hydroxylation is 1. The van der Waals surface area contributed by atoms with E-state index in [1.54, 1.807) is 18.2 Å². The molecular formula is C12H9F3N2O. The lowest BCUT2D eigenvalue weighted by Crippen LogP contribution is -2.24. The van der Waals surface area contributed by atoms with E-state index in [1.165, 1.54) is 19.1 Å². The SMILES string of the molecule is Cc1nc(-c2ccccc2)c(C(F)(F)F)c(=O)[nH]1. The molecule has 0 radical (unpaired) electrons. The maximum absolute atomic E-state index is 12.9. The zero-order chi connectivity index (χ0) is 13.3. The Labute approximate surface area is 100 Å². The molecule has 18 heavy (non-hydrogen) atoms. The Morgan fingerprint density at radius 3 is 2.33 bits per heavy atom. The topological polar surface area (TPSA) is 45.8 Å². The van der Waals surface area contributed by atoms with Crippen LogP contribution >= 0.6 is 0 Å². The van der Waals surface area contributed by atoms with Gasteiger partial charge in [0.15, 0.2) is 0 Å². The van der Waals surface area contributed by atoms with Crippen molar-refractivity contribution in [3.05, 3.63) is 52.1 Å². The fourth-order valence-electron chi connectivity index (χ4n) is 1.65. The summed E-state index contributed by atoms with van der Waals surface area (Å²) >= 11 is 0. The summed E-state index contributed by atoms with van der Waals surface area (Å²) in [7, 11) is 0. The average molecular weight is 254 g/mol. The molecule has 0 aliphatic carbocycles. The lowest BCUT2D eigenvalue weighted by atomic mass is 10.1. The first-order chi connectivity index (χ1) is 8.39. The number of hydrogen-bond donors (Lipinski definition) is 1. The Kier molecular flexibility index (Phi) is 2.94. The molecule has 1 N–H and O–H groups in total. The Balaban J connectivity index is 2.78. The van der Waals surface area contributed by atoms with Gasteiger partial charge in [-0.15, -0.1) is 0 Å². The van der Waals surface area contributed by atoms with E-state index < -0.39 is 17.3 Å². The molecule has 0 spiro atoms. The van der Waals surface area contributed by atoms with Crippen LogP contribution in [-0.2, 0) is 6.18 Å². The third kappa shape index (κ3) is 2.27. The standard InChI is InChI=1S/C12H9F3N2O/c1-7-16-10(8-5-3-2-4-6-8)9(11(18)17-7)12(13,14)15/h2-6H,1H3,(H,16,17,18). The Morgan fingerprint density at radius 1 is 1.17 bits per heavy atom. The van der Waals surface area contributed by atoms with Crippen molar-refractivity contribution in [2.45, 2.75) is 13.1 Å². The van der Waals surface area contributed by atoms with Crippen molar-refractivity contribution >= 4 is 0 Å². The molecule has 0 saturated carbocycles. The monoisotopic (exact) mass is 254 g/mol. The first-order valence-corrected chi connectivity index (χ1v) is 5.13. The molecule has 0 amide bonds. The van der Waals surface area contributed by atoms with Gasteiger partial charge in [0.2, 0.25) is 0 Å². The second-order valence-electron chi connectivity index (χ2n) is 3.74. The maximum atomic E-state index is 12.9. The Bertz CT molecular complexity index is 617. The minimum atomic E-state index is -4.74. The number of benzene rings is 1. The predicted molar refractivity (Wildman–Crippen MR) is 60.0 cm³/mol. The lowest BCUT2D eigenvalue weighted by molar-refractivity contribution is -0.138. The van der Waals surface area contributed by atoms with Gasteiger partial charge >= 0.3 is 6.18 Å². The van der Waals surface area contributed by atoms with Gasteiger partial charge in [-0.3, -0.25) is 4.79 Å². The van der Waals surface area contributed by atoms with Gasteiger partial charge in [0.25, 0.3) is 5.56 Å². The Hall–Kier alpha value is -2.11. The largest absolute Gasteiger partial charge is 0.423 e. The van der Waals surface area contributed by atoms with Crippen molar-refractivity contribution in [3.63, 3.8) is 0 Å². The fourth-order valence-corrected chi connectivity index (χ4v) is 1.65. The number of H-pyrrole nitrogens is 1. The lowest BCUT2D eigenvalue weighted by Gasteiger charge is -2.11. The molecule has 0 atom stereocenters. The van der Waals surface area contributed by atoms with Crippen LogP contribution in [0.4, 0.5) is 13.2 Å². The van der Waals surface area contributed by atoms with E-state index in [0.29, 0.717) is 0 Å². The molecule has 0 bridgehead atoms. The highest BCUT2D eigenvalue weighted by molar-refractivity contribution is 5.63. The summed E-state index contributed by atoms with van der Waals surface area (Å²) in [4.78, 5) is 17.3. The molecule has 1 aromatic heterocycles. The van der Waals surface area contributed by atoms with Gasteiger partial charge in [0.1, 0.15) is 11.4 Å². The third-order valence-electron chi connectivity index (χ3n) is 2.37. The summed E-state index contributed by atoms with van der Waals surface area (Å²) in [6.45, 7) is 1.44. The zero-order valence-corrected chi connectivity index (χ0v) is 9.38. The summed E-state index contributed by atoms with van der Waals surface area (Å²) < 4.78 is 38.6. The summed E-state index contributed by atoms with van der Waals surface area (Å²) in [6, 6.07) is 7.82. The van der Waals surface area contributed by atoms with Crippen LogP contribution < -0.4 is 5.56 Å². The number of aromatic nitrogens is 2. The van der Waals surface area contributed by atoms with Gasteiger partial charge in [0, 0.05) is 5.56 Å². The van der Waals surface area contributed by atoms with Crippen LogP contribution in [0.15, 0.2) is 35.1 Å². The van der Waals surface area contributed by atoms with Gasteiger partial charge in [-0.25, -0.2) is 4.98 Å². The van der Waals surface area contributed by atoms with Gasteiger partial charge in [-0.1, -0.05) is 30.3 Å². The van der Waals surface area contributed by atoms with Crippen LogP contribution in [0.3, 0.4) is 0 Å². The van der Waals surface area contributed by atoms with Crippen molar-refractivity contribution in [1.82, 2.24) is 9.97 Å². The predicted octanol–water partition coefficient (Wildman–Crippen LogP) is 2.76. The van der Waals surface area contributed by atoms with Crippen molar-refractivity contribution in [3.8, 4) is 11.3 Å². The molecular weight excluding hydrogens is 245 g/mol.